The van der Waals surface area contributed by atoms with Crippen molar-refractivity contribution >= 4 is 28.9 Å². The number of aromatic carboxylic acids is 1. The quantitative estimate of drug-likeness (QED) is 0.501. The van der Waals surface area contributed by atoms with E-state index in [-0.39, 0.29) is 34.0 Å². The summed E-state index contributed by atoms with van der Waals surface area (Å²) in [5.41, 5.74) is -2.84. The predicted octanol–water partition coefficient (Wildman–Crippen LogP) is 4.38. The van der Waals surface area contributed by atoms with Crippen molar-refractivity contribution in [2.45, 2.75) is 51.7 Å². The molecular formula is C27H27F3N4O5. The average Bonchev–Trinajstić information content (AvgIpc) is 3.49. The molecule has 1 unspecified atom stereocenters. The minimum Gasteiger partial charge on any atom is -0.477 e. The van der Waals surface area contributed by atoms with Gasteiger partial charge in [0, 0.05) is 31.4 Å². The zero-order chi connectivity index (χ0) is 28.3. The van der Waals surface area contributed by atoms with E-state index in [0.717, 1.165) is 35.4 Å². The molecule has 5 rings (SSSR count). The Hall–Kier alpha value is -4.09. The zero-order valence-corrected chi connectivity index (χ0v) is 21.6. The van der Waals surface area contributed by atoms with Crippen LogP contribution in [0.1, 0.15) is 50.4 Å². The zero-order valence-electron chi connectivity index (χ0n) is 21.6. The summed E-state index contributed by atoms with van der Waals surface area (Å²) in [7, 11) is 0. The van der Waals surface area contributed by atoms with Crippen molar-refractivity contribution in [1.82, 2.24) is 14.9 Å². The number of carbonyl (C=O) groups excluding carboxylic acids is 1. The Morgan fingerprint density at radius 3 is 2.44 bits per heavy atom. The number of halogens is 3. The maximum absolute atomic E-state index is 15.3. The summed E-state index contributed by atoms with van der Waals surface area (Å²) in [4.78, 5) is 42.7. The number of benzene rings is 1. The highest BCUT2D eigenvalue weighted by Gasteiger charge is 2.56. The van der Waals surface area contributed by atoms with E-state index >= 15 is 4.39 Å². The number of nitrogens with zero attached hydrogens (tertiary/aromatic N) is 3. The van der Waals surface area contributed by atoms with Crippen LogP contribution in [0.15, 0.2) is 35.3 Å². The number of piperidine rings is 1. The Kier molecular flexibility index (Phi) is 6.31. The van der Waals surface area contributed by atoms with Gasteiger partial charge in [0.1, 0.15) is 22.8 Å². The van der Waals surface area contributed by atoms with E-state index in [1.165, 1.54) is 0 Å². The number of carboxylic acid groups (broad SMARTS) is 1. The maximum Gasteiger partial charge on any atom is 0.407 e. The third-order valence-electron chi connectivity index (χ3n) is 7.25. The number of amides is 1. The lowest BCUT2D eigenvalue weighted by molar-refractivity contribution is 0.0513. The predicted molar refractivity (Wildman–Crippen MR) is 136 cm³/mol. The summed E-state index contributed by atoms with van der Waals surface area (Å²) >= 11 is 0. The molecule has 9 nitrogen and oxygen atoms in total. The summed E-state index contributed by atoms with van der Waals surface area (Å²) < 4.78 is 49.9. The number of ether oxygens (including phenoxy) is 1. The molecule has 0 radical (unpaired) electrons. The van der Waals surface area contributed by atoms with Crippen molar-refractivity contribution in [3.63, 3.8) is 0 Å². The highest BCUT2D eigenvalue weighted by molar-refractivity contribution is 5.92. The van der Waals surface area contributed by atoms with E-state index in [1.54, 1.807) is 25.7 Å². The van der Waals surface area contributed by atoms with E-state index in [0.29, 0.717) is 32.0 Å². The van der Waals surface area contributed by atoms with Crippen LogP contribution < -0.4 is 15.6 Å². The Morgan fingerprint density at radius 1 is 1.13 bits per heavy atom. The number of rotatable bonds is 4. The number of fused-ring (bicyclic) bond motifs is 1. The highest BCUT2D eigenvalue weighted by atomic mass is 19.1. The molecule has 0 bridgehead atoms. The Morgan fingerprint density at radius 2 is 1.82 bits per heavy atom. The monoisotopic (exact) mass is 544 g/mol. The first-order valence-electron chi connectivity index (χ1n) is 12.5. The largest absolute Gasteiger partial charge is 0.477 e. The first-order chi connectivity index (χ1) is 18.3. The second-order valence-electron chi connectivity index (χ2n) is 11.1. The molecule has 3 heterocycles. The SMILES string of the molecule is CC(C)(C)OC(=O)NC1CC12CCN(c1nc3c(cc1F)c(=O)c(C(=O)O)cn3-c1ccc(F)cc1F)CC2. The fourth-order valence-electron chi connectivity index (χ4n) is 5.17. The lowest BCUT2D eigenvalue weighted by Crippen LogP contribution is -2.40. The van der Waals surface area contributed by atoms with E-state index < -0.39 is 46.1 Å². The first-order valence-corrected chi connectivity index (χ1v) is 12.5. The average molecular weight is 545 g/mol. The summed E-state index contributed by atoms with van der Waals surface area (Å²) in [5.74, 6) is -4.34. The van der Waals surface area contributed by atoms with Crippen molar-refractivity contribution < 1.29 is 32.6 Å². The minimum atomic E-state index is -1.58. The molecule has 2 aliphatic rings. The fourth-order valence-corrected chi connectivity index (χ4v) is 5.17. The minimum absolute atomic E-state index is 0.0509. The summed E-state index contributed by atoms with van der Waals surface area (Å²) in [5, 5.41) is 12.0. The molecule has 206 valence electrons. The van der Waals surface area contributed by atoms with Gasteiger partial charge in [0.15, 0.2) is 17.3 Å². The molecule has 1 aromatic carbocycles. The number of anilines is 1. The van der Waals surface area contributed by atoms with Crippen LogP contribution in [0.4, 0.5) is 23.8 Å². The molecule has 2 aromatic heterocycles. The molecule has 1 spiro atoms. The normalized spacial score (nSPS) is 18.3. The van der Waals surface area contributed by atoms with Crippen LogP contribution in [0, 0.1) is 22.9 Å². The topological polar surface area (TPSA) is 114 Å². The second kappa shape index (κ2) is 9.28. The number of hydrogen-bond donors (Lipinski definition) is 2. The number of aromatic nitrogens is 2. The van der Waals surface area contributed by atoms with Crippen molar-refractivity contribution in [3.05, 3.63) is 63.7 Å². The lowest BCUT2D eigenvalue weighted by Gasteiger charge is -2.34. The molecule has 1 saturated heterocycles. The van der Waals surface area contributed by atoms with Gasteiger partial charge in [-0.3, -0.25) is 9.36 Å². The molecule has 2 fully saturated rings. The van der Waals surface area contributed by atoms with Crippen molar-refractivity contribution in [2.75, 3.05) is 18.0 Å². The third kappa shape index (κ3) is 5.02. The van der Waals surface area contributed by atoms with Crippen LogP contribution in [0.2, 0.25) is 0 Å². The molecule has 12 heteroatoms. The van der Waals surface area contributed by atoms with Gasteiger partial charge in [-0.05, 0) is 63.6 Å². The summed E-state index contributed by atoms with van der Waals surface area (Å²) in [6.45, 7) is 6.16. The van der Waals surface area contributed by atoms with Gasteiger partial charge in [0.05, 0.1) is 11.1 Å². The Balaban J connectivity index is 1.45. The number of nitrogens with one attached hydrogen (secondary N) is 1. The molecule has 1 saturated carbocycles. The maximum atomic E-state index is 15.3. The molecule has 1 amide bonds. The van der Waals surface area contributed by atoms with E-state index in [1.807, 2.05) is 0 Å². The van der Waals surface area contributed by atoms with E-state index in [4.69, 9.17) is 4.74 Å². The van der Waals surface area contributed by atoms with Crippen molar-refractivity contribution in [3.8, 4) is 5.69 Å². The Bertz CT molecular complexity index is 1560. The van der Waals surface area contributed by atoms with Crippen LogP contribution in [0.5, 0.6) is 0 Å². The molecule has 1 aliphatic heterocycles. The smallest absolute Gasteiger partial charge is 0.407 e. The molecule has 1 aliphatic carbocycles. The molecule has 1 atom stereocenters. The summed E-state index contributed by atoms with van der Waals surface area (Å²) in [6, 6.07) is 3.53. The fraction of sp³-hybridized carbons (Fsp3) is 0.407. The van der Waals surface area contributed by atoms with Crippen molar-refractivity contribution in [2.24, 2.45) is 5.41 Å². The van der Waals surface area contributed by atoms with Gasteiger partial charge in [0.25, 0.3) is 0 Å². The van der Waals surface area contributed by atoms with Crippen LogP contribution in [0.3, 0.4) is 0 Å². The Labute approximate surface area is 221 Å². The van der Waals surface area contributed by atoms with Gasteiger partial charge in [-0.15, -0.1) is 0 Å². The van der Waals surface area contributed by atoms with Gasteiger partial charge in [-0.1, -0.05) is 0 Å². The van der Waals surface area contributed by atoms with Gasteiger partial charge in [0.2, 0.25) is 5.43 Å². The number of pyridine rings is 2. The van der Waals surface area contributed by atoms with Gasteiger partial charge in [-0.2, -0.15) is 0 Å². The molecular weight excluding hydrogens is 517 g/mol. The van der Waals surface area contributed by atoms with E-state index in [2.05, 4.69) is 10.3 Å². The van der Waals surface area contributed by atoms with Crippen LogP contribution in [-0.4, -0.2) is 51.5 Å². The van der Waals surface area contributed by atoms with Gasteiger partial charge >= 0.3 is 12.1 Å². The number of hydrogen-bond acceptors (Lipinski definition) is 6. The van der Waals surface area contributed by atoms with Crippen LogP contribution in [0.25, 0.3) is 16.7 Å². The van der Waals surface area contributed by atoms with Crippen molar-refractivity contribution in [1.29, 1.82) is 0 Å². The lowest BCUT2D eigenvalue weighted by atomic mass is 9.92. The number of carbonyl (C=O) groups is 2. The molecule has 3 aromatic rings. The summed E-state index contributed by atoms with van der Waals surface area (Å²) in [6.07, 6.45) is 2.48. The first kappa shape index (κ1) is 26.5. The second-order valence-corrected chi connectivity index (χ2v) is 11.1. The van der Waals surface area contributed by atoms with Crippen LogP contribution >= 0.6 is 0 Å². The van der Waals surface area contributed by atoms with Gasteiger partial charge < -0.3 is 20.1 Å². The number of carboxylic acids is 1. The van der Waals surface area contributed by atoms with Crippen LogP contribution in [-0.2, 0) is 4.74 Å². The number of alkyl carbamates (subject to hydrolysis) is 1. The standard InChI is InChI=1S/C27H27F3N4O5/c1-26(2,3)39-25(38)31-20-12-27(20)6-8-33(9-7-27)23-18(30)11-15-21(35)16(24(36)37)13-34(22(15)32-23)19-5-4-14(28)10-17(19)29/h4-5,10-11,13,20H,6-9,12H2,1-3H3,(H,31,38)(H,36,37). The third-order valence-corrected chi connectivity index (χ3v) is 7.25. The highest BCUT2D eigenvalue weighted by Crippen LogP contribution is 2.54. The molecule has 2 N–H and O–H groups in total. The van der Waals surface area contributed by atoms with E-state index in [9.17, 15) is 28.3 Å². The van der Waals surface area contributed by atoms with Gasteiger partial charge in [-0.25, -0.2) is 27.7 Å². The molecule has 39 heavy (non-hydrogen) atoms.